The second-order valence-electron chi connectivity index (χ2n) is 9.45. The molecule has 0 bridgehead atoms. The first-order valence-electron chi connectivity index (χ1n) is 12.5. The Kier molecular flexibility index (Phi) is 6.57. The number of carbonyl (C=O) groups is 2. The molecule has 0 aliphatic carbocycles. The van der Waals surface area contributed by atoms with Gasteiger partial charge in [0.25, 0.3) is 0 Å². The van der Waals surface area contributed by atoms with Crippen LogP contribution < -0.4 is 5.69 Å². The predicted molar refractivity (Wildman–Crippen MR) is 136 cm³/mol. The van der Waals surface area contributed by atoms with Crippen LogP contribution in [-0.4, -0.2) is 56.4 Å². The van der Waals surface area contributed by atoms with Crippen LogP contribution in [0.2, 0.25) is 0 Å². The van der Waals surface area contributed by atoms with E-state index in [0.717, 1.165) is 61.3 Å². The molecule has 1 aromatic heterocycles. The van der Waals surface area contributed by atoms with Gasteiger partial charge >= 0.3 is 5.69 Å². The van der Waals surface area contributed by atoms with E-state index in [4.69, 9.17) is 0 Å². The van der Waals surface area contributed by atoms with Crippen LogP contribution in [0.1, 0.15) is 32.1 Å². The summed E-state index contributed by atoms with van der Waals surface area (Å²) in [5, 5.41) is 0. The predicted octanol–water partition coefficient (Wildman–Crippen LogP) is 3.52. The van der Waals surface area contributed by atoms with Gasteiger partial charge in [0.2, 0.25) is 11.8 Å². The van der Waals surface area contributed by atoms with Gasteiger partial charge in [0.1, 0.15) is 6.04 Å². The van der Waals surface area contributed by atoms with Crippen molar-refractivity contribution in [1.82, 2.24) is 18.9 Å². The molecule has 0 radical (unpaired) electrons. The topological polar surface area (TPSA) is 67.6 Å². The van der Waals surface area contributed by atoms with Gasteiger partial charge in [0.05, 0.1) is 11.4 Å². The van der Waals surface area contributed by atoms with Crippen molar-refractivity contribution < 1.29 is 9.59 Å². The van der Waals surface area contributed by atoms with Crippen LogP contribution >= 0.6 is 0 Å². The highest BCUT2D eigenvalue weighted by Gasteiger charge is 2.37. The number of aromatic nitrogens is 2. The largest absolute Gasteiger partial charge is 0.341 e. The van der Waals surface area contributed by atoms with Crippen molar-refractivity contribution in [2.45, 2.75) is 44.7 Å². The van der Waals surface area contributed by atoms with Crippen molar-refractivity contribution in [1.29, 1.82) is 0 Å². The van der Waals surface area contributed by atoms with E-state index < -0.39 is 0 Å². The molecule has 0 spiro atoms. The van der Waals surface area contributed by atoms with Crippen LogP contribution in [0.4, 0.5) is 0 Å². The molecule has 3 aromatic rings. The van der Waals surface area contributed by atoms with Gasteiger partial charge in [-0.3, -0.25) is 18.7 Å². The summed E-state index contributed by atoms with van der Waals surface area (Å²) in [6.07, 6.45) is 3.82. The van der Waals surface area contributed by atoms with Gasteiger partial charge in [-0.25, -0.2) is 4.79 Å². The number of hydrogen-bond acceptors (Lipinski definition) is 3. The number of benzene rings is 2. The summed E-state index contributed by atoms with van der Waals surface area (Å²) >= 11 is 0. The molecule has 2 saturated heterocycles. The van der Waals surface area contributed by atoms with Gasteiger partial charge in [0.15, 0.2) is 0 Å². The molecule has 0 unspecified atom stereocenters. The molecule has 2 aliphatic rings. The number of hydrogen-bond donors (Lipinski definition) is 0. The second-order valence-corrected chi connectivity index (χ2v) is 9.45. The number of carbonyl (C=O) groups excluding carboxylic acids is 2. The SMILES string of the molecule is Cn1c(-c2ccccc2)c(-c2ccccc2)n(CCC(=O)N2CCC[C@H]2C(=O)N2CCCC2)c1=O. The first kappa shape index (κ1) is 23.1. The Morgan fingerprint density at radius 3 is 2.06 bits per heavy atom. The Morgan fingerprint density at radius 1 is 0.829 bits per heavy atom. The lowest BCUT2D eigenvalue weighted by Crippen LogP contribution is -2.47. The van der Waals surface area contributed by atoms with Crippen molar-refractivity contribution in [2.24, 2.45) is 7.05 Å². The van der Waals surface area contributed by atoms with Crippen molar-refractivity contribution in [2.75, 3.05) is 19.6 Å². The zero-order chi connectivity index (χ0) is 24.4. The minimum Gasteiger partial charge on any atom is -0.341 e. The molecule has 7 heteroatoms. The average Bonchev–Trinajstić information content (AvgIpc) is 3.65. The van der Waals surface area contributed by atoms with Gasteiger partial charge in [-0.2, -0.15) is 0 Å². The van der Waals surface area contributed by atoms with E-state index in [9.17, 15) is 14.4 Å². The highest BCUT2D eigenvalue weighted by atomic mass is 16.2. The third-order valence-corrected chi connectivity index (χ3v) is 7.27. The zero-order valence-corrected chi connectivity index (χ0v) is 20.2. The second kappa shape index (κ2) is 9.94. The van der Waals surface area contributed by atoms with E-state index >= 15 is 0 Å². The Balaban J connectivity index is 1.43. The zero-order valence-electron chi connectivity index (χ0n) is 20.2. The molecule has 0 saturated carbocycles. The Labute approximate surface area is 205 Å². The maximum atomic E-state index is 13.4. The summed E-state index contributed by atoms with van der Waals surface area (Å²) in [6.45, 7) is 2.45. The van der Waals surface area contributed by atoms with Crippen LogP contribution in [-0.2, 0) is 23.2 Å². The lowest BCUT2D eigenvalue weighted by molar-refractivity contribution is -0.143. The van der Waals surface area contributed by atoms with Gasteiger partial charge in [0, 0.05) is 50.8 Å². The molecule has 2 amide bonds. The minimum absolute atomic E-state index is 0.0592. The third-order valence-electron chi connectivity index (χ3n) is 7.27. The average molecular weight is 473 g/mol. The molecule has 2 aromatic carbocycles. The summed E-state index contributed by atoms with van der Waals surface area (Å²) in [5.41, 5.74) is 3.37. The first-order chi connectivity index (χ1) is 17.1. The number of amides is 2. The Morgan fingerprint density at radius 2 is 1.43 bits per heavy atom. The summed E-state index contributed by atoms with van der Waals surface area (Å²) in [4.78, 5) is 43.3. The fraction of sp³-hybridized carbons (Fsp3) is 0.393. The molecule has 7 nitrogen and oxygen atoms in total. The molecular weight excluding hydrogens is 440 g/mol. The molecule has 5 rings (SSSR count). The number of nitrogens with zero attached hydrogens (tertiary/aromatic N) is 4. The first-order valence-corrected chi connectivity index (χ1v) is 12.5. The standard InChI is InChI=1S/C28H32N4O3/c1-29-25(21-11-4-2-5-12-21)26(22-13-6-3-7-14-22)32(28(29)35)20-16-24(33)31-19-10-15-23(31)27(34)30-17-8-9-18-30/h2-7,11-14,23H,8-10,15-20H2,1H3/t23-/m0/s1. The smallest absolute Gasteiger partial charge is 0.328 e. The minimum atomic E-state index is -0.360. The third kappa shape index (κ3) is 4.43. The van der Waals surface area contributed by atoms with Crippen molar-refractivity contribution in [3.8, 4) is 22.5 Å². The maximum Gasteiger partial charge on any atom is 0.328 e. The molecule has 2 aliphatic heterocycles. The van der Waals surface area contributed by atoms with Gasteiger partial charge in [-0.05, 0) is 25.7 Å². The van der Waals surface area contributed by atoms with Crippen molar-refractivity contribution >= 4 is 11.8 Å². The fourth-order valence-electron chi connectivity index (χ4n) is 5.50. The molecule has 2 fully saturated rings. The van der Waals surface area contributed by atoms with Crippen LogP contribution in [0.3, 0.4) is 0 Å². The molecule has 0 N–H and O–H groups in total. The summed E-state index contributed by atoms with van der Waals surface area (Å²) in [5.74, 6) is 0.0256. The summed E-state index contributed by atoms with van der Waals surface area (Å²) in [7, 11) is 1.78. The van der Waals surface area contributed by atoms with Crippen LogP contribution in [0.5, 0.6) is 0 Å². The van der Waals surface area contributed by atoms with Gasteiger partial charge in [-0.15, -0.1) is 0 Å². The maximum absolute atomic E-state index is 13.4. The van der Waals surface area contributed by atoms with Crippen molar-refractivity contribution in [3.63, 3.8) is 0 Å². The quantitative estimate of drug-likeness (QED) is 0.551. The normalized spacial score (nSPS) is 17.8. The number of rotatable bonds is 6. The Hall–Kier alpha value is -3.61. The van der Waals surface area contributed by atoms with E-state index in [-0.39, 0.29) is 36.5 Å². The molecule has 182 valence electrons. The Bertz CT molecular complexity index is 1260. The fourth-order valence-corrected chi connectivity index (χ4v) is 5.50. The van der Waals surface area contributed by atoms with Crippen molar-refractivity contribution in [3.05, 3.63) is 71.1 Å². The van der Waals surface area contributed by atoms with Crippen LogP contribution in [0, 0.1) is 0 Å². The van der Waals surface area contributed by atoms with Crippen LogP contribution in [0.15, 0.2) is 65.5 Å². The highest BCUT2D eigenvalue weighted by Crippen LogP contribution is 2.31. The summed E-state index contributed by atoms with van der Waals surface area (Å²) in [6, 6.07) is 19.3. The lowest BCUT2D eigenvalue weighted by Gasteiger charge is -2.28. The van der Waals surface area contributed by atoms with E-state index in [1.54, 1.807) is 21.1 Å². The molecule has 35 heavy (non-hydrogen) atoms. The molecular formula is C28H32N4O3. The number of imidazole rings is 1. The number of likely N-dealkylation sites (tertiary alicyclic amines) is 2. The van der Waals surface area contributed by atoms with Crippen LogP contribution in [0.25, 0.3) is 22.5 Å². The van der Waals surface area contributed by atoms with Gasteiger partial charge < -0.3 is 9.80 Å². The molecule has 1 atom stereocenters. The van der Waals surface area contributed by atoms with E-state index in [1.165, 1.54) is 0 Å². The monoisotopic (exact) mass is 472 g/mol. The lowest BCUT2D eigenvalue weighted by atomic mass is 10.0. The summed E-state index contributed by atoms with van der Waals surface area (Å²) < 4.78 is 3.38. The van der Waals surface area contributed by atoms with Gasteiger partial charge in [-0.1, -0.05) is 60.7 Å². The molecule has 3 heterocycles. The van der Waals surface area contributed by atoms with E-state index in [2.05, 4.69) is 0 Å². The van der Waals surface area contributed by atoms with E-state index in [1.807, 2.05) is 65.6 Å². The highest BCUT2D eigenvalue weighted by molar-refractivity contribution is 5.88. The van der Waals surface area contributed by atoms with E-state index in [0.29, 0.717) is 6.54 Å².